The molecule has 0 aliphatic heterocycles. The third kappa shape index (κ3) is 6.07. The second-order valence-corrected chi connectivity index (χ2v) is 6.96. The summed E-state index contributed by atoms with van der Waals surface area (Å²) in [5, 5.41) is 12.9. The van der Waals surface area contributed by atoms with E-state index in [-0.39, 0.29) is 30.3 Å². The molecule has 1 aromatic heterocycles. The maximum absolute atomic E-state index is 13.0. The Morgan fingerprint density at radius 1 is 1.17 bits per heavy atom. The molecule has 158 valence electrons. The van der Waals surface area contributed by atoms with Crippen LogP contribution in [0.25, 0.3) is 0 Å². The topological polar surface area (TPSA) is 99.0 Å². The smallest absolute Gasteiger partial charge is 0.356 e. The van der Waals surface area contributed by atoms with Crippen LogP contribution >= 0.6 is 0 Å². The molecule has 2 rings (SSSR count). The lowest BCUT2D eigenvalue weighted by molar-refractivity contribution is -0.111. The van der Waals surface area contributed by atoms with Gasteiger partial charge in [0.15, 0.2) is 12.0 Å². The fourth-order valence-electron chi connectivity index (χ4n) is 2.71. The van der Waals surface area contributed by atoms with Crippen molar-refractivity contribution >= 4 is 11.7 Å². The fraction of sp³-hybridized carbons (Fsp3) is 0.429. The van der Waals surface area contributed by atoms with Gasteiger partial charge in [0.2, 0.25) is 11.2 Å². The molecule has 0 spiro atoms. The average molecular weight is 404 g/mol. The molecular weight excluding hydrogens is 376 g/mol. The number of nitrogens with one attached hydrogen (secondary N) is 1. The van der Waals surface area contributed by atoms with Crippen molar-refractivity contribution in [2.24, 2.45) is 5.92 Å². The maximum atomic E-state index is 13.0. The number of benzene rings is 1. The lowest BCUT2D eigenvalue weighted by atomic mass is 10.2. The number of carboxylic acids is 1. The van der Waals surface area contributed by atoms with Crippen LogP contribution < -0.4 is 15.5 Å². The van der Waals surface area contributed by atoms with Gasteiger partial charge in [-0.1, -0.05) is 44.2 Å². The van der Waals surface area contributed by atoms with Gasteiger partial charge in [0.1, 0.15) is 12.3 Å². The van der Waals surface area contributed by atoms with E-state index in [1.807, 2.05) is 44.2 Å². The minimum absolute atomic E-state index is 0.0714. The molecule has 8 nitrogen and oxygen atoms in total. The second-order valence-electron chi connectivity index (χ2n) is 6.96. The Hall–Kier alpha value is -2.84. The molecule has 0 saturated carbocycles. The highest BCUT2D eigenvalue weighted by Gasteiger charge is 2.24. The van der Waals surface area contributed by atoms with Gasteiger partial charge in [-0.15, -0.1) is 0 Å². The lowest BCUT2D eigenvalue weighted by Crippen LogP contribution is -2.29. The van der Waals surface area contributed by atoms with Crippen LogP contribution in [0.15, 0.2) is 41.3 Å². The highest BCUT2D eigenvalue weighted by Crippen LogP contribution is 2.20. The zero-order valence-corrected chi connectivity index (χ0v) is 17.2. The molecule has 2 N–H and O–H groups in total. The number of pyridine rings is 1. The summed E-state index contributed by atoms with van der Waals surface area (Å²) in [7, 11) is 2.92. The van der Waals surface area contributed by atoms with E-state index in [0.29, 0.717) is 12.5 Å². The van der Waals surface area contributed by atoms with Gasteiger partial charge >= 0.3 is 5.97 Å². The molecule has 0 aliphatic rings. The van der Waals surface area contributed by atoms with Crippen LogP contribution in [0.1, 0.15) is 29.9 Å². The molecule has 0 amide bonds. The van der Waals surface area contributed by atoms with Gasteiger partial charge in [-0.05, 0) is 11.5 Å². The van der Waals surface area contributed by atoms with E-state index in [1.165, 1.54) is 25.0 Å². The number of hydrogen-bond donors (Lipinski definition) is 2. The first-order chi connectivity index (χ1) is 13.9. The lowest BCUT2D eigenvalue weighted by Gasteiger charge is -2.21. The third-order valence-corrected chi connectivity index (χ3v) is 4.24. The van der Waals surface area contributed by atoms with Crippen molar-refractivity contribution in [3.05, 3.63) is 58.0 Å². The van der Waals surface area contributed by atoms with Crippen LogP contribution in [0.5, 0.6) is 5.75 Å². The number of hydrogen-bond acceptors (Lipinski definition) is 6. The molecule has 29 heavy (non-hydrogen) atoms. The summed E-state index contributed by atoms with van der Waals surface area (Å²) >= 11 is 0. The van der Waals surface area contributed by atoms with Gasteiger partial charge in [0, 0.05) is 27.0 Å². The van der Waals surface area contributed by atoms with Gasteiger partial charge in [0.25, 0.3) is 0 Å². The normalized spacial score (nSPS) is 11.1. The Kier molecular flexibility index (Phi) is 8.23. The summed E-state index contributed by atoms with van der Waals surface area (Å²) in [4.78, 5) is 25.0. The number of aromatic nitrogens is 1. The van der Waals surface area contributed by atoms with Crippen LogP contribution in [0, 0.1) is 5.92 Å². The van der Waals surface area contributed by atoms with Crippen molar-refractivity contribution in [1.29, 1.82) is 0 Å². The van der Waals surface area contributed by atoms with Crippen molar-refractivity contribution in [3.63, 3.8) is 0 Å². The molecule has 0 radical (unpaired) electrons. The second kappa shape index (κ2) is 10.6. The maximum Gasteiger partial charge on any atom is 0.356 e. The number of anilines is 1. The van der Waals surface area contributed by atoms with E-state index in [0.717, 1.165) is 5.56 Å². The Labute approximate surface area is 170 Å². The van der Waals surface area contributed by atoms with Gasteiger partial charge in [-0.3, -0.25) is 4.79 Å². The number of ether oxygens (including phenoxy) is 3. The first-order valence-corrected chi connectivity index (χ1v) is 9.34. The number of carboxylic acid groups (broad SMARTS) is 1. The molecular formula is C21H28N2O6. The zero-order chi connectivity index (χ0) is 21.4. The summed E-state index contributed by atoms with van der Waals surface area (Å²) in [6.07, 6.45) is 0.782. The van der Waals surface area contributed by atoms with E-state index in [4.69, 9.17) is 14.2 Å². The van der Waals surface area contributed by atoms with Gasteiger partial charge < -0.3 is 29.2 Å². The molecule has 0 atom stereocenters. The first kappa shape index (κ1) is 22.4. The quantitative estimate of drug-likeness (QED) is 0.556. The summed E-state index contributed by atoms with van der Waals surface area (Å²) in [6, 6.07) is 9.23. The van der Waals surface area contributed by atoms with Crippen LogP contribution in [0.3, 0.4) is 0 Å². The van der Waals surface area contributed by atoms with Crippen molar-refractivity contribution in [3.8, 4) is 5.75 Å². The molecule has 2 aromatic rings. The average Bonchev–Trinajstić information content (AvgIpc) is 2.70. The fourth-order valence-corrected chi connectivity index (χ4v) is 2.71. The Bertz CT molecular complexity index is 859. The van der Waals surface area contributed by atoms with Crippen molar-refractivity contribution < 1.29 is 24.1 Å². The molecule has 0 aliphatic carbocycles. The SMILES string of the molecule is COC(Cn1cc(NCC(C)C)c(=O)c(OCc2ccccc2)c1C(=O)O)OC. The standard InChI is InChI=1S/C21H28N2O6/c1-14(2)10-22-16-11-23(12-17(27-3)28-4)18(21(25)26)20(19(16)24)29-13-15-8-6-5-7-9-15/h5-9,11,14,17,22H,10,12-13H2,1-4H3,(H,25,26). The van der Waals surface area contributed by atoms with E-state index in [2.05, 4.69) is 5.32 Å². The van der Waals surface area contributed by atoms with Crippen LogP contribution in [-0.2, 0) is 22.6 Å². The van der Waals surface area contributed by atoms with Crippen LogP contribution in [-0.4, -0.2) is 42.7 Å². The van der Waals surface area contributed by atoms with Gasteiger partial charge in [-0.2, -0.15) is 0 Å². The van der Waals surface area contributed by atoms with Crippen molar-refractivity contribution in [2.75, 3.05) is 26.1 Å². The molecule has 0 unspecified atom stereocenters. The minimum Gasteiger partial charge on any atom is -0.482 e. The van der Waals surface area contributed by atoms with Crippen LogP contribution in [0.2, 0.25) is 0 Å². The molecule has 0 saturated heterocycles. The zero-order valence-electron chi connectivity index (χ0n) is 17.2. The monoisotopic (exact) mass is 404 g/mol. The van der Waals surface area contributed by atoms with E-state index < -0.39 is 17.7 Å². The molecule has 0 bridgehead atoms. The molecule has 0 fully saturated rings. The summed E-state index contributed by atoms with van der Waals surface area (Å²) in [5.41, 5.74) is 0.335. The Morgan fingerprint density at radius 3 is 2.38 bits per heavy atom. The van der Waals surface area contributed by atoms with E-state index in [1.54, 1.807) is 0 Å². The van der Waals surface area contributed by atoms with Gasteiger partial charge in [-0.25, -0.2) is 4.79 Å². The van der Waals surface area contributed by atoms with E-state index >= 15 is 0 Å². The van der Waals surface area contributed by atoms with Crippen molar-refractivity contribution in [1.82, 2.24) is 4.57 Å². The van der Waals surface area contributed by atoms with Crippen molar-refractivity contribution in [2.45, 2.75) is 33.3 Å². The third-order valence-electron chi connectivity index (χ3n) is 4.24. The number of rotatable bonds is 11. The largest absolute Gasteiger partial charge is 0.482 e. The highest BCUT2D eigenvalue weighted by atomic mass is 16.7. The number of nitrogens with zero attached hydrogens (tertiary/aromatic N) is 1. The summed E-state index contributed by atoms with van der Waals surface area (Å²) in [6.45, 7) is 4.72. The summed E-state index contributed by atoms with van der Waals surface area (Å²) < 4.78 is 17.5. The Morgan fingerprint density at radius 2 is 1.83 bits per heavy atom. The number of aromatic carboxylic acids is 1. The first-order valence-electron chi connectivity index (χ1n) is 9.34. The number of carbonyl (C=O) groups is 1. The molecule has 1 aromatic carbocycles. The summed E-state index contributed by atoms with van der Waals surface area (Å²) in [5.74, 6) is -1.20. The Balaban J connectivity index is 2.51. The number of methoxy groups -OCH3 is 2. The van der Waals surface area contributed by atoms with E-state index in [9.17, 15) is 14.7 Å². The highest BCUT2D eigenvalue weighted by molar-refractivity contribution is 5.89. The molecule has 8 heteroatoms. The minimum atomic E-state index is -1.27. The molecule has 1 heterocycles. The predicted molar refractivity (Wildman–Crippen MR) is 110 cm³/mol. The predicted octanol–water partition coefficient (Wildman–Crippen LogP) is 2.81. The van der Waals surface area contributed by atoms with Gasteiger partial charge in [0.05, 0.1) is 6.54 Å². The van der Waals surface area contributed by atoms with Crippen LogP contribution in [0.4, 0.5) is 5.69 Å².